The number of halogens is 3. The van der Waals surface area contributed by atoms with Crippen LogP contribution in [0.2, 0.25) is 0 Å². The van der Waals surface area contributed by atoms with Gasteiger partial charge in [-0.05, 0) is 24.3 Å². The van der Waals surface area contributed by atoms with Crippen molar-refractivity contribution >= 4 is 90.7 Å². The fraction of sp³-hybridized carbons (Fsp3) is 0. The first-order valence-corrected chi connectivity index (χ1v) is 20.9. The molecule has 4 nitrogen and oxygen atoms in total. The Balaban J connectivity index is 0.000000945. The molecule has 0 spiro atoms. The first-order valence-electron chi connectivity index (χ1n) is 8.53. The van der Waals surface area contributed by atoms with Gasteiger partial charge in [0.15, 0.2) is 0 Å². The van der Waals surface area contributed by atoms with E-state index in [1.54, 1.807) is 23.8 Å². The van der Waals surface area contributed by atoms with E-state index in [2.05, 4.69) is 0 Å². The van der Waals surface area contributed by atoms with E-state index in [-0.39, 0.29) is 37.9 Å². The Hall–Kier alpha value is -1.40. The van der Waals surface area contributed by atoms with E-state index in [0.29, 0.717) is 5.30 Å². The molecular weight excluding hydrogens is 639 g/mol. The number of carbonyl (C=O) groups excluding carboxylic acids is 4. The van der Waals surface area contributed by atoms with Crippen molar-refractivity contribution in [3.8, 4) is 0 Å². The first kappa shape index (κ1) is 28.6. The molecule has 0 aliphatic rings. The topological polar surface area (TPSA) is 68.3 Å². The van der Waals surface area contributed by atoms with E-state index in [4.69, 9.17) is 26.8 Å². The average Bonchev–Trinajstić information content (AvgIpc) is 2.79. The van der Waals surface area contributed by atoms with Crippen LogP contribution in [0.3, 0.4) is 0 Å². The molecule has 0 saturated carbocycles. The summed E-state index contributed by atoms with van der Waals surface area (Å²) in [6.45, 7) is 0. The third kappa shape index (κ3) is 7.31. The predicted octanol–water partition coefficient (Wildman–Crippen LogP) is -1.12. The molecule has 0 saturated heterocycles. The minimum Gasteiger partial charge on any atom is 0 e. The van der Waals surface area contributed by atoms with Gasteiger partial charge in [-0.25, -0.2) is 19.2 Å². The number of hydrogen-bond donors (Lipinski definition) is 0. The second-order valence-corrected chi connectivity index (χ2v) is 21.0. The van der Waals surface area contributed by atoms with Gasteiger partial charge in [0.2, 0.25) is 0 Å². The molecule has 0 aromatic heterocycles. The zero-order chi connectivity index (χ0) is 22.8. The fourth-order valence-corrected chi connectivity index (χ4v) is 5.68. The summed E-state index contributed by atoms with van der Waals surface area (Å²) in [7, 11) is 13.2. The minimum absolute atomic E-state index is 0. The normalized spacial score (nSPS) is 9.41. The summed E-state index contributed by atoms with van der Waals surface area (Å²) in [6.07, 6.45) is 0. The third-order valence-corrected chi connectivity index (χ3v) is 6.89. The van der Waals surface area contributed by atoms with Gasteiger partial charge < -0.3 is 0 Å². The molecular formula is C22H12Cl3MnO4PSn+. The number of hydrogen-bond acceptors (Lipinski definition) is 4. The van der Waals surface area contributed by atoms with Crippen molar-refractivity contribution in [1.29, 1.82) is 0 Å². The number of rotatable bonds is 3. The van der Waals surface area contributed by atoms with Crippen LogP contribution in [-0.2, 0) is 36.2 Å². The Morgan fingerprint density at radius 2 is 1.03 bits per heavy atom. The summed E-state index contributed by atoms with van der Waals surface area (Å²) in [5.41, 5.74) is 0. The van der Waals surface area contributed by atoms with Crippen molar-refractivity contribution in [1.82, 2.24) is 0 Å². The zero-order valence-electron chi connectivity index (χ0n) is 16.0. The van der Waals surface area contributed by atoms with Crippen LogP contribution >= 0.6 is 34.7 Å². The van der Waals surface area contributed by atoms with Crippen LogP contribution in [0.1, 0.15) is 0 Å². The third-order valence-electron chi connectivity index (χ3n) is 4.14. The summed E-state index contributed by atoms with van der Waals surface area (Å²) in [5.74, 6) is 6.58. The Morgan fingerprint density at radius 1 is 0.625 bits per heavy atom. The summed E-state index contributed by atoms with van der Waals surface area (Å²) in [6, 6.07) is 20.4. The molecule has 0 bridgehead atoms. The fourth-order valence-electron chi connectivity index (χ4n) is 2.96. The maximum absolute atomic E-state index is 11.7. The molecule has 0 N–H and O–H groups in total. The van der Waals surface area contributed by atoms with Gasteiger partial charge in [-0.2, -0.15) is 0 Å². The van der Waals surface area contributed by atoms with E-state index < -0.39 is 24.3 Å². The Morgan fingerprint density at radius 3 is 1.38 bits per heavy atom. The zero-order valence-corrected chi connectivity index (χ0v) is 23.3. The molecule has 0 heterocycles. The summed E-state index contributed by atoms with van der Waals surface area (Å²) in [5, 5.41) is 1.57. The van der Waals surface area contributed by atoms with E-state index in [1.165, 1.54) is 6.07 Å². The average molecular weight is 651 g/mol. The van der Waals surface area contributed by atoms with Crippen LogP contribution < -0.4 is 36.8 Å². The molecule has 0 amide bonds. The molecule has 0 atom stereocenters. The molecule has 10 heteroatoms. The molecule has 0 unspecified atom stereocenters. The smallest absolute Gasteiger partial charge is 0 e. The van der Waals surface area contributed by atoms with Crippen molar-refractivity contribution < 1.29 is 36.2 Å². The molecule has 2 radical (unpaired) electrons. The monoisotopic (exact) mass is 651 g/mol. The summed E-state index contributed by atoms with van der Waals surface area (Å²) in [4.78, 5) is 45.8. The van der Waals surface area contributed by atoms with Gasteiger partial charge in [0, 0.05) is 23.1 Å². The van der Waals surface area contributed by atoms with E-state index in [0.717, 1.165) is 10.6 Å². The molecule has 0 aliphatic carbocycles. The largest absolute Gasteiger partial charge is 0 e. The SMILES string of the molecule is O=C=c1cc([PH+](c2ccccc2)c2ccccc2)c(=C=O)c(=C=O)c1=C=O.[Cl][Sn]([Cl])[Cl].[Mn]. The van der Waals surface area contributed by atoms with Gasteiger partial charge >= 0.3 is 43.1 Å². The van der Waals surface area contributed by atoms with E-state index >= 15 is 0 Å². The van der Waals surface area contributed by atoms with Crippen molar-refractivity contribution in [2.75, 3.05) is 0 Å². The van der Waals surface area contributed by atoms with Crippen LogP contribution in [0, 0.1) is 0 Å². The Kier molecular flexibility index (Phi) is 13.1. The molecule has 0 aliphatic heterocycles. The van der Waals surface area contributed by atoms with Gasteiger partial charge in [-0.15, -0.1) is 0 Å². The summed E-state index contributed by atoms with van der Waals surface area (Å²) >= 11 is -2.13. The Bertz CT molecular complexity index is 1360. The van der Waals surface area contributed by atoms with Crippen molar-refractivity contribution in [2.45, 2.75) is 0 Å². The number of benzene rings is 3. The van der Waals surface area contributed by atoms with Crippen LogP contribution in [0.25, 0.3) is 0 Å². The van der Waals surface area contributed by atoms with E-state index in [1.807, 2.05) is 60.7 Å². The van der Waals surface area contributed by atoms with Gasteiger partial charge in [0.1, 0.15) is 58.0 Å². The van der Waals surface area contributed by atoms with Gasteiger partial charge in [-0.1, -0.05) is 36.4 Å². The second-order valence-electron chi connectivity index (χ2n) is 5.83. The quantitative estimate of drug-likeness (QED) is 0.266. The molecule has 32 heavy (non-hydrogen) atoms. The maximum atomic E-state index is 11.7. The Labute approximate surface area is 213 Å². The summed E-state index contributed by atoms with van der Waals surface area (Å²) < 4.78 is 0. The van der Waals surface area contributed by atoms with Crippen LogP contribution in [-0.4, -0.2) is 40.1 Å². The molecule has 0 fully saturated rings. The van der Waals surface area contributed by atoms with Gasteiger partial charge in [0.25, 0.3) is 0 Å². The van der Waals surface area contributed by atoms with Crippen LogP contribution in [0.15, 0.2) is 66.7 Å². The maximum Gasteiger partial charge on any atom is 0 e. The van der Waals surface area contributed by atoms with Crippen molar-refractivity contribution in [3.05, 3.63) is 87.6 Å². The molecule has 3 rings (SSSR count). The second kappa shape index (κ2) is 14.7. The molecule has 3 aromatic rings. The van der Waals surface area contributed by atoms with Crippen LogP contribution in [0.5, 0.6) is 0 Å². The molecule has 3 aromatic carbocycles. The molecule has 160 valence electrons. The first-order chi connectivity index (χ1) is 15.0. The predicted molar refractivity (Wildman–Crippen MR) is 128 cm³/mol. The van der Waals surface area contributed by atoms with E-state index in [9.17, 15) is 19.2 Å². The van der Waals surface area contributed by atoms with Gasteiger partial charge in [0.05, 0.1) is 10.4 Å². The minimum atomic E-state index is -2.13. The van der Waals surface area contributed by atoms with Crippen molar-refractivity contribution in [2.24, 2.45) is 0 Å². The standard InChI is InChI=1S/C22H11O4P.3ClH.Mn.Sn/c23-12-16-11-22(21(15-26)20(14-25)19(16)13-24)27(17-7-3-1-4-8-17)18-9-5-2-6-10-18;;;;;/h1-11H;3*1H;;/q;;;;;+3/p-2. The van der Waals surface area contributed by atoms with Gasteiger partial charge in [-0.3, -0.25) is 0 Å². The van der Waals surface area contributed by atoms with Crippen molar-refractivity contribution in [3.63, 3.8) is 0 Å². The van der Waals surface area contributed by atoms with Crippen LogP contribution in [0.4, 0.5) is 0 Å².